The first-order valence-electron chi connectivity index (χ1n) is 19.3. The first-order chi connectivity index (χ1) is 27.7. The standard InChI is InChI=1S/C23H24F2N2O2.C22H22F2N2O2/c24-20-6-7-22(25)21(13-20)19-12-18(17-4-2-1-3-5-17)14-26(15-19)16-23(28)27-8-10-29-11-9-27;23-19-6-7-21(24)20(13-19)18-12-17(16-4-2-1-3-5-16)14-26(15-18)22(27)25-8-10-28-11-9-25/h1-7,12-13,18H,8-11,14-16H2;1-7,12-13,17H,8-11,14-15H2. The second kappa shape index (κ2) is 18.8. The van der Waals surface area contributed by atoms with E-state index in [0.717, 1.165) is 35.4 Å². The van der Waals surface area contributed by atoms with E-state index in [0.29, 0.717) is 83.4 Å². The zero-order chi connectivity index (χ0) is 39.7. The second-order valence-electron chi connectivity index (χ2n) is 14.6. The third-order valence-corrected chi connectivity index (χ3v) is 10.7. The van der Waals surface area contributed by atoms with Gasteiger partial charge in [0.25, 0.3) is 0 Å². The van der Waals surface area contributed by atoms with Gasteiger partial charge in [0.05, 0.1) is 33.0 Å². The van der Waals surface area contributed by atoms with Crippen LogP contribution in [0.1, 0.15) is 34.1 Å². The molecule has 8 rings (SSSR count). The average molecular weight is 783 g/mol. The Morgan fingerprint density at radius 2 is 1.04 bits per heavy atom. The number of nitrogens with zero attached hydrogens (tertiary/aromatic N) is 4. The van der Waals surface area contributed by atoms with Crippen molar-refractivity contribution >= 4 is 23.1 Å². The summed E-state index contributed by atoms with van der Waals surface area (Å²) < 4.78 is 67.1. The minimum atomic E-state index is -0.495. The van der Waals surface area contributed by atoms with Gasteiger partial charge < -0.3 is 24.2 Å². The molecule has 4 aliphatic heterocycles. The third-order valence-electron chi connectivity index (χ3n) is 10.7. The predicted octanol–water partition coefficient (Wildman–Crippen LogP) is 7.21. The maximum absolute atomic E-state index is 14.4. The molecule has 3 amide bonds. The number of halogens is 4. The molecule has 0 spiro atoms. The van der Waals surface area contributed by atoms with Gasteiger partial charge in [0.2, 0.25) is 5.91 Å². The number of carbonyl (C=O) groups excluding carboxylic acids is 2. The fourth-order valence-electron chi connectivity index (χ4n) is 7.75. The molecule has 0 aliphatic carbocycles. The lowest BCUT2D eigenvalue weighted by molar-refractivity contribution is -0.136. The molecule has 12 heteroatoms. The maximum Gasteiger partial charge on any atom is 0.320 e. The molecule has 2 fully saturated rings. The summed E-state index contributed by atoms with van der Waals surface area (Å²) in [6.07, 6.45) is 3.96. The molecule has 0 bridgehead atoms. The second-order valence-corrected chi connectivity index (χ2v) is 14.6. The van der Waals surface area contributed by atoms with Crippen molar-refractivity contribution < 1.29 is 36.6 Å². The number of ether oxygens (including phenoxy) is 2. The summed E-state index contributed by atoms with van der Waals surface area (Å²) in [5, 5.41) is 0. The maximum atomic E-state index is 14.4. The lowest BCUT2D eigenvalue weighted by Crippen LogP contribution is -2.50. The van der Waals surface area contributed by atoms with Crippen LogP contribution in [0.25, 0.3) is 11.1 Å². The van der Waals surface area contributed by atoms with E-state index in [2.05, 4.69) is 0 Å². The number of morpholine rings is 2. The Bertz CT molecular complexity index is 2070. The Balaban J connectivity index is 0.000000174. The van der Waals surface area contributed by atoms with Gasteiger partial charge in [-0.1, -0.05) is 72.8 Å². The van der Waals surface area contributed by atoms with E-state index in [9.17, 15) is 27.2 Å². The molecule has 2 saturated heterocycles. The largest absolute Gasteiger partial charge is 0.378 e. The minimum Gasteiger partial charge on any atom is -0.378 e. The lowest BCUT2D eigenvalue weighted by atomic mass is 9.89. The number of hydrogen-bond donors (Lipinski definition) is 0. The van der Waals surface area contributed by atoms with Crippen LogP contribution in [-0.4, -0.2) is 117 Å². The van der Waals surface area contributed by atoms with Crippen molar-refractivity contribution in [2.75, 3.05) is 85.3 Å². The van der Waals surface area contributed by atoms with Gasteiger partial charge in [-0.25, -0.2) is 22.4 Å². The van der Waals surface area contributed by atoms with Crippen molar-refractivity contribution in [2.45, 2.75) is 11.8 Å². The number of hydrogen-bond acceptors (Lipinski definition) is 5. The van der Waals surface area contributed by atoms with E-state index in [1.54, 1.807) is 9.80 Å². The molecule has 4 heterocycles. The summed E-state index contributed by atoms with van der Waals surface area (Å²) in [4.78, 5) is 33.1. The fourth-order valence-corrected chi connectivity index (χ4v) is 7.75. The van der Waals surface area contributed by atoms with Gasteiger partial charge in [-0.15, -0.1) is 0 Å². The Hall–Kier alpha value is -5.30. The highest BCUT2D eigenvalue weighted by atomic mass is 19.1. The Morgan fingerprint density at radius 1 is 0.561 bits per heavy atom. The van der Waals surface area contributed by atoms with Crippen LogP contribution in [0.3, 0.4) is 0 Å². The highest BCUT2D eigenvalue weighted by Gasteiger charge is 2.31. The topological polar surface area (TPSA) is 65.6 Å². The van der Waals surface area contributed by atoms with Crippen LogP contribution in [0.5, 0.6) is 0 Å². The molecule has 2 unspecified atom stereocenters. The zero-order valence-electron chi connectivity index (χ0n) is 31.7. The lowest BCUT2D eigenvalue weighted by Gasteiger charge is -2.37. The van der Waals surface area contributed by atoms with Gasteiger partial charge in [0.1, 0.15) is 23.3 Å². The van der Waals surface area contributed by atoms with Gasteiger partial charge in [-0.05, 0) is 58.7 Å². The van der Waals surface area contributed by atoms with Gasteiger partial charge in [0, 0.05) is 75.3 Å². The fraction of sp³-hybridized carbons (Fsp3) is 0.333. The Morgan fingerprint density at radius 3 is 1.56 bits per heavy atom. The van der Waals surface area contributed by atoms with Crippen molar-refractivity contribution in [1.82, 2.24) is 19.6 Å². The van der Waals surface area contributed by atoms with Gasteiger partial charge in [-0.2, -0.15) is 0 Å². The first-order valence-corrected chi connectivity index (χ1v) is 19.3. The summed E-state index contributed by atoms with van der Waals surface area (Å²) >= 11 is 0. The summed E-state index contributed by atoms with van der Waals surface area (Å²) in [5.41, 5.74) is 3.92. The van der Waals surface area contributed by atoms with Gasteiger partial charge in [0.15, 0.2) is 0 Å². The van der Waals surface area contributed by atoms with Crippen LogP contribution in [-0.2, 0) is 14.3 Å². The zero-order valence-corrected chi connectivity index (χ0v) is 31.7. The number of rotatable bonds is 6. The van der Waals surface area contributed by atoms with Crippen LogP contribution in [0.4, 0.5) is 22.4 Å². The van der Waals surface area contributed by atoms with Gasteiger partial charge >= 0.3 is 6.03 Å². The Labute approximate surface area is 330 Å². The van der Waals surface area contributed by atoms with Crippen molar-refractivity contribution in [3.63, 3.8) is 0 Å². The van der Waals surface area contributed by atoms with Crippen LogP contribution in [0.15, 0.2) is 109 Å². The molecule has 0 aromatic heterocycles. The van der Waals surface area contributed by atoms with E-state index >= 15 is 0 Å². The molecular weight excluding hydrogens is 737 g/mol. The molecule has 4 aromatic carbocycles. The normalized spacial score (nSPS) is 20.2. The molecule has 4 aliphatic rings. The van der Waals surface area contributed by atoms with E-state index in [1.165, 1.54) is 12.1 Å². The predicted molar refractivity (Wildman–Crippen MR) is 210 cm³/mol. The quantitative estimate of drug-likeness (QED) is 0.194. The number of carbonyl (C=O) groups is 2. The van der Waals surface area contributed by atoms with Crippen molar-refractivity contribution in [1.29, 1.82) is 0 Å². The highest BCUT2D eigenvalue weighted by Crippen LogP contribution is 2.33. The average Bonchev–Trinajstić information content (AvgIpc) is 3.26. The summed E-state index contributed by atoms with van der Waals surface area (Å²) in [6, 6.07) is 26.6. The molecular formula is C45H46F4N4O4. The van der Waals surface area contributed by atoms with Crippen molar-refractivity contribution in [3.8, 4) is 0 Å². The SMILES string of the molecule is O=C(CN1CC(c2cc(F)ccc2F)=CC(c2ccccc2)C1)N1CCOCC1.O=C(N1CCOCC1)N1CC(c2cc(F)ccc2F)=CC(c2ccccc2)C1. The van der Waals surface area contributed by atoms with Crippen LogP contribution >= 0.6 is 0 Å². The Kier molecular flexibility index (Phi) is 13.1. The summed E-state index contributed by atoms with van der Waals surface area (Å²) in [7, 11) is 0. The van der Waals surface area contributed by atoms with Crippen LogP contribution in [0.2, 0.25) is 0 Å². The monoisotopic (exact) mass is 782 g/mol. The molecule has 2 atom stereocenters. The van der Waals surface area contributed by atoms with E-state index < -0.39 is 23.3 Å². The van der Waals surface area contributed by atoms with E-state index in [-0.39, 0.29) is 48.0 Å². The minimum absolute atomic E-state index is 0.0000986. The molecule has 0 N–H and O–H groups in total. The van der Waals surface area contributed by atoms with Crippen molar-refractivity contribution in [2.24, 2.45) is 0 Å². The smallest absolute Gasteiger partial charge is 0.320 e. The molecule has 0 radical (unpaired) electrons. The van der Waals surface area contributed by atoms with E-state index in [1.807, 2.05) is 82.6 Å². The molecule has 0 saturated carbocycles. The first kappa shape index (κ1) is 39.9. The summed E-state index contributed by atoms with van der Waals surface area (Å²) in [6.45, 7) is 6.46. The number of benzene rings is 4. The van der Waals surface area contributed by atoms with Gasteiger partial charge in [-0.3, -0.25) is 9.69 Å². The molecule has 4 aromatic rings. The number of urea groups is 1. The highest BCUT2D eigenvalue weighted by molar-refractivity contribution is 5.80. The molecule has 57 heavy (non-hydrogen) atoms. The number of amides is 3. The summed E-state index contributed by atoms with van der Waals surface area (Å²) in [5.74, 6) is -1.95. The van der Waals surface area contributed by atoms with E-state index in [4.69, 9.17) is 9.47 Å². The van der Waals surface area contributed by atoms with Crippen LogP contribution < -0.4 is 0 Å². The van der Waals surface area contributed by atoms with Crippen molar-refractivity contribution in [3.05, 3.63) is 155 Å². The van der Waals surface area contributed by atoms with Crippen LogP contribution in [0, 0.1) is 23.3 Å². The molecule has 298 valence electrons. The third kappa shape index (κ3) is 10.2. The molecule has 8 nitrogen and oxygen atoms in total.